The largest absolute Gasteiger partial charge is 0.378 e. The monoisotopic (exact) mass is 320 g/mol. The Balaban J connectivity index is 1.43. The van der Waals surface area contributed by atoms with Gasteiger partial charge in [-0.1, -0.05) is 39.5 Å². The summed E-state index contributed by atoms with van der Waals surface area (Å²) < 4.78 is 6.07. The summed E-state index contributed by atoms with van der Waals surface area (Å²) in [6.45, 7) is 5.70. The van der Waals surface area contributed by atoms with Crippen LogP contribution in [-0.2, 0) is 4.74 Å². The minimum atomic E-state index is 0.579. The lowest BCUT2D eigenvalue weighted by atomic mass is 9.65. The summed E-state index contributed by atoms with van der Waals surface area (Å²) in [6.07, 6.45) is 19.7. The van der Waals surface area contributed by atoms with Gasteiger partial charge in [0, 0.05) is 6.61 Å². The minimum Gasteiger partial charge on any atom is -0.378 e. The molecule has 1 unspecified atom stereocenters. The zero-order valence-corrected chi connectivity index (χ0v) is 15.8. The first-order chi connectivity index (χ1) is 11.3. The third-order valence-corrected chi connectivity index (χ3v) is 7.57. The Bertz CT molecular complexity index is 323. The van der Waals surface area contributed by atoms with Gasteiger partial charge in [0.15, 0.2) is 0 Å². The molecule has 0 spiro atoms. The van der Waals surface area contributed by atoms with Crippen molar-refractivity contribution in [2.45, 2.75) is 103 Å². The zero-order valence-electron chi connectivity index (χ0n) is 15.8. The van der Waals surface area contributed by atoms with Gasteiger partial charge in [-0.05, 0) is 87.4 Å². The van der Waals surface area contributed by atoms with Crippen molar-refractivity contribution in [3.8, 4) is 0 Å². The lowest BCUT2D eigenvalue weighted by molar-refractivity contribution is -0.0575. The summed E-state index contributed by atoms with van der Waals surface area (Å²) in [4.78, 5) is 0. The van der Waals surface area contributed by atoms with Crippen LogP contribution in [0.1, 0.15) is 97.3 Å². The topological polar surface area (TPSA) is 9.23 Å². The van der Waals surface area contributed by atoms with Crippen LogP contribution >= 0.6 is 0 Å². The zero-order chi connectivity index (χ0) is 16.1. The van der Waals surface area contributed by atoms with E-state index in [4.69, 9.17) is 4.74 Å². The molecule has 23 heavy (non-hydrogen) atoms. The molecule has 0 radical (unpaired) electrons. The first-order valence-corrected chi connectivity index (χ1v) is 10.9. The molecule has 2 aliphatic carbocycles. The molecule has 1 saturated heterocycles. The predicted octanol–water partition coefficient (Wildman–Crippen LogP) is 6.60. The summed E-state index contributed by atoms with van der Waals surface area (Å²) in [7, 11) is 0. The van der Waals surface area contributed by atoms with Crippen molar-refractivity contribution in [1.29, 1.82) is 0 Å². The van der Waals surface area contributed by atoms with E-state index in [1.54, 1.807) is 12.8 Å². The van der Waals surface area contributed by atoms with Crippen LogP contribution in [0.4, 0.5) is 0 Å². The Kier molecular flexibility index (Phi) is 6.86. The summed E-state index contributed by atoms with van der Waals surface area (Å²) in [5.41, 5.74) is 0. The fourth-order valence-corrected chi connectivity index (χ4v) is 6.22. The van der Waals surface area contributed by atoms with Gasteiger partial charge in [-0.3, -0.25) is 0 Å². The third-order valence-electron chi connectivity index (χ3n) is 7.57. The van der Waals surface area contributed by atoms with Crippen LogP contribution in [0.15, 0.2) is 0 Å². The summed E-state index contributed by atoms with van der Waals surface area (Å²) in [6, 6.07) is 0. The SMILES string of the molecule is CCCC1CCC(C2CCC(C3CCCO[C@H]3CC)CC2)CC1. The molecule has 1 heterocycles. The lowest BCUT2D eigenvalue weighted by Gasteiger charge is -2.42. The van der Waals surface area contributed by atoms with Crippen molar-refractivity contribution in [3.05, 3.63) is 0 Å². The van der Waals surface area contributed by atoms with Crippen molar-refractivity contribution in [1.82, 2.24) is 0 Å². The van der Waals surface area contributed by atoms with Crippen molar-refractivity contribution in [2.24, 2.45) is 29.6 Å². The highest BCUT2D eigenvalue weighted by atomic mass is 16.5. The van der Waals surface area contributed by atoms with Crippen LogP contribution in [0.25, 0.3) is 0 Å². The lowest BCUT2D eigenvalue weighted by Crippen LogP contribution is -2.37. The number of hydrogen-bond acceptors (Lipinski definition) is 1. The molecule has 0 aromatic rings. The van der Waals surface area contributed by atoms with Crippen molar-refractivity contribution < 1.29 is 4.74 Å². The molecule has 1 nitrogen and oxygen atoms in total. The van der Waals surface area contributed by atoms with E-state index in [0.717, 1.165) is 36.2 Å². The Morgan fingerprint density at radius 2 is 1.35 bits per heavy atom. The molecule has 0 aromatic carbocycles. The van der Waals surface area contributed by atoms with E-state index in [1.807, 2.05) is 0 Å². The van der Waals surface area contributed by atoms with Gasteiger partial charge >= 0.3 is 0 Å². The first-order valence-electron chi connectivity index (χ1n) is 10.9. The van der Waals surface area contributed by atoms with Crippen LogP contribution < -0.4 is 0 Å². The molecular formula is C22H40O. The average Bonchev–Trinajstić information content (AvgIpc) is 2.63. The van der Waals surface area contributed by atoms with Crippen LogP contribution in [0.2, 0.25) is 0 Å². The molecule has 1 aliphatic heterocycles. The van der Waals surface area contributed by atoms with E-state index >= 15 is 0 Å². The second kappa shape index (κ2) is 8.88. The molecule has 0 bridgehead atoms. The Morgan fingerprint density at radius 1 is 0.739 bits per heavy atom. The molecule has 2 atom stereocenters. The second-order valence-electron chi connectivity index (χ2n) is 8.87. The fourth-order valence-electron chi connectivity index (χ4n) is 6.22. The molecule has 3 fully saturated rings. The fraction of sp³-hybridized carbons (Fsp3) is 1.00. The summed E-state index contributed by atoms with van der Waals surface area (Å²) >= 11 is 0. The van der Waals surface area contributed by atoms with Gasteiger partial charge in [0.05, 0.1) is 6.10 Å². The highest BCUT2D eigenvalue weighted by Crippen LogP contribution is 2.45. The van der Waals surface area contributed by atoms with Gasteiger partial charge in [0.25, 0.3) is 0 Å². The molecule has 3 rings (SSSR count). The minimum absolute atomic E-state index is 0.579. The van der Waals surface area contributed by atoms with Gasteiger partial charge < -0.3 is 4.74 Å². The molecule has 0 aromatic heterocycles. The molecule has 0 N–H and O–H groups in total. The van der Waals surface area contributed by atoms with Gasteiger partial charge in [-0.15, -0.1) is 0 Å². The van der Waals surface area contributed by atoms with Crippen LogP contribution in [0, 0.1) is 29.6 Å². The Hall–Kier alpha value is -0.0400. The van der Waals surface area contributed by atoms with E-state index in [9.17, 15) is 0 Å². The first kappa shape index (κ1) is 17.8. The maximum Gasteiger partial charge on any atom is 0.0603 e. The molecular weight excluding hydrogens is 280 g/mol. The van der Waals surface area contributed by atoms with Crippen LogP contribution in [-0.4, -0.2) is 12.7 Å². The van der Waals surface area contributed by atoms with Gasteiger partial charge in [-0.25, -0.2) is 0 Å². The van der Waals surface area contributed by atoms with Crippen LogP contribution in [0.3, 0.4) is 0 Å². The van der Waals surface area contributed by atoms with E-state index in [-0.39, 0.29) is 0 Å². The third kappa shape index (κ3) is 4.53. The summed E-state index contributed by atoms with van der Waals surface area (Å²) in [5.74, 6) is 5.08. The quantitative estimate of drug-likeness (QED) is 0.554. The highest BCUT2D eigenvalue weighted by Gasteiger charge is 2.36. The maximum atomic E-state index is 6.07. The average molecular weight is 321 g/mol. The van der Waals surface area contributed by atoms with Crippen molar-refractivity contribution >= 4 is 0 Å². The normalized spacial score (nSPS) is 42.5. The number of ether oxygens (including phenoxy) is 1. The van der Waals surface area contributed by atoms with E-state index in [2.05, 4.69) is 13.8 Å². The van der Waals surface area contributed by atoms with Gasteiger partial charge in [0.2, 0.25) is 0 Å². The molecule has 134 valence electrons. The molecule has 1 heteroatoms. The highest BCUT2D eigenvalue weighted by molar-refractivity contribution is 4.87. The van der Waals surface area contributed by atoms with E-state index < -0.39 is 0 Å². The van der Waals surface area contributed by atoms with Gasteiger partial charge in [-0.2, -0.15) is 0 Å². The maximum absolute atomic E-state index is 6.07. The molecule has 0 amide bonds. The Labute approximate surface area is 144 Å². The smallest absolute Gasteiger partial charge is 0.0603 e. The number of hydrogen-bond donors (Lipinski definition) is 0. The second-order valence-corrected chi connectivity index (χ2v) is 8.87. The van der Waals surface area contributed by atoms with Gasteiger partial charge in [0.1, 0.15) is 0 Å². The molecule has 2 saturated carbocycles. The van der Waals surface area contributed by atoms with E-state index in [1.165, 1.54) is 70.6 Å². The number of rotatable bonds is 5. The molecule has 3 aliphatic rings. The predicted molar refractivity (Wildman–Crippen MR) is 98.6 cm³/mol. The standard InChI is InChI=1S/C22H40O/c1-3-6-17-8-10-18(11-9-17)19-12-14-20(15-13-19)21-7-5-16-23-22(21)4-2/h17-22H,3-16H2,1-2H3/t17?,18?,19?,20?,21?,22-/m0/s1. The Morgan fingerprint density at radius 3 is 1.96 bits per heavy atom. The van der Waals surface area contributed by atoms with Crippen molar-refractivity contribution in [2.75, 3.05) is 6.61 Å². The summed E-state index contributed by atoms with van der Waals surface area (Å²) in [5, 5.41) is 0. The van der Waals surface area contributed by atoms with Crippen LogP contribution in [0.5, 0.6) is 0 Å². The van der Waals surface area contributed by atoms with E-state index in [0.29, 0.717) is 6.10 Å². The van der Waals surface area contributed by atoms with Crippen molar-refractivity contribution in [3.63, 3.8) is 0 Å².